The third kappa shape index (κ3) is 2.70. The molecule has 1 aromatic carbocycles. The molecule has 4 heteroatoms. The minimum atomic E-state index is 0.171. The van der Waals surface area contributed by atoms with E-state index in [0.717, 1.165) is 15.8 Å². The monoisotopic (exact) mass is 311 g/mol. The normalized spacial score (nSPS) is 12.4. The van der Waals surface area contributed by atoms with Crippen molar-refractivity contribution in [2.75, 3.05) is 14.2 Å². The van der Waals surface area contributed by atoms with E-state index in [9.17, 15) is 0 Å². The van der Waals surface area contributed by atoms with Crippen LogP contribution in [0.25, 0.3) is 0 Å². The van der Waals surface area contributed by atoms with E-state index in [1.54, 1.807) is 18.4 Å². The van der Waals surface area contributed by atoms with Crippen molar-refractivity contribution in [1.29, 1.82) is 0 Å². The highest BCUT2D eigenvalue weighted by Crippen LogP contribution is 2.32. The lowest BCUT2D eigenvalue weighted by Crippen LogP contribution is -2.17. The summed E-state index contributed by atoms with van der Waals surface area (Å²) in [4.78, 5) is 0. The molecule has 0 aliphatic rings. The van der Waals surface area contributed by atoms with Crippen LogP contribution in [0, 0.1) is 0 Å². The van der Waals surface area contributed by atoms with E-state index in [1.807, 2.05) is 19.2 Å². The van der Waals surface area contributed by atoms with Gasteiger partial charge in [-0.3, -0.25) is 0 Å². The predicted octanol–water partition coefficient (Wildman–Crippen LogP) is 3.83. The molecule has 1 unspecified atom stereocenters. The van der Waals surface area contributed by atoms with Crippen molar-refractivity contribution < 1.29 is 4.74 Å². The molecule has 0 fully saturated rings. The first kappa shape index (κ1) is 12.6. The lowest BCUT2D eigenvalue weighted by atomic mass is 10.0. The molecule has 0 saturated heterocycles. The summed E-state index contributed by atoms with van der Waals surface area (Å²) >= 11 is 5.16. The van der Waals surface area contributed by atoms with Gasteiger partial charge >= 0.3 is 0 Å². The summed E-state index contributed by atoms with van der Waals surface area (Å²) in [7, 11) is 3.66. The molecule has 1 heterocycles. The molecule has 90 valence electrons. The molecule has 0 amide bonds. The molecule has 1 atom stereocenters. The number of rotatable bonds is 4. The summed E-state index contributed by atoms with van der Waals surface area (Å²) in [5.41, 5.74) is 2.41. The highest BCUT2D eigenvalue weighted by molar-refractivity contribution is 9.10. The van der Waals surface area contributed by atoms with Gasteiger partial charge < -0.3 is 10.1 Å². The summed E-state index contributed by atoms with van der Waals surface area (Å²) in [6.45, 7) is 0. The van der Waals surface area contributed by atoms with Crippen LogP contribution < -0.4 is 10.1 Å². The molecule has 0 aliphatic heterocycles. The zero-order chi connectivity index (χ0) is 12.3. The highest BCUT2D eigenvalue weighted by Gasteiger charge is 2.16. The van der Waals surface area contributed by atoms with Crippen molar-refractivity contribution in [3.05, 3.63) is 50.6 Å². The van der Waals surface area contributed by atoms with Crippen LogP contribution in [-0.2, 0) is 0 Å². The van der Waals surface area contributed by atoms with Crippen molar-refractivity contribution in [2.45, 2.75) is 6.04 Å². The van der Waals surface area contributed by atoms with Gasteiger partial charge in [0.1, 0.15) is 5.75 Å². The molecule has 0 bridgehead atoms. The maximum Gasteiger partial charge on any atom is 0.125 e. The smallest absolute Gasteiger partial charge is 0.125 e. The fourth-order valence-electron chi connectivity index (χ4n) is 1.86. The van der Waals surface area contributed by atoms with Gasteiger partial charge in [-0.15, -0.1) is 0 Å². The maximum atomic E-state index is 5.44. The van der Waals surface area contributed by atoms with E-state index in [2.05, 4.69) is 44.1 Å². The Balaban J connectivity index is 2.44. The van der Waals surface area contributed by atoms with Crippen molar-refractivity contribution in [1.82, 2.24) is 5.32 Å². The van der Waals surface area contributed by atoms with Gasteiger partial charge in [0.2, 0.25) is 0 Å². The summed E-state index contributed by atoms with van der Waals surface area (Å²) in [6.07, 6.45) is 0. The van der Waals surface area contributed by atoms with Crippen LogP contribution in [0.5, 0.6) is 5.75 Å². The number of hydrogen-bond acceptors (Lipinski definition) is 3. The van der Waals surface area contributed by atoms with Crippen LogP contribution >= 0.6 is 27.3 Å². The zero-order valence-corrected chi connectivity index (χ0v) is 12.1. The third-order valence-corrected chi connectivity index (χ3v) is 3.87. The summed E-state index contributed by atoms with van der Waals surface area (Å²) in [5.74, 6) is 0.893. The Morgan fingerprint density at radius 3 is 2.76 bits per heavy atom. The van der Waals surface area contributed by atoms with Gasteiger partial charge in [0.15, 0.2) is 0 Å². The van der Waals surface area contributed by atoms with Gasteiger partial charge in [-0.1, -0.05) is 22.0 Å². The summed E-state index contributed by atoms with van der Waals surface area (Å²) < 4.78 is 6.47. The van der Waals surface area contributed by atoms with E-state index in [4.69, 9.17) is 4.74 Å². The van der Waals surface area contributed by atoms with Crippen molar-refractivity contribution >= 4 is 27.3 Å². The van der Waals surface area contributed by atoms with Crippen LogP contribution in [0.1, 0.15) is 17.2 Å². The average Bonchev–Trinajstić information content (AvgIpc) is 2.85. The topological polar surface area (TPSA) is 21.3 Å². The second-order valence-electron chi connectivity index (χ2n) is 3.66. The number of nitrogens with one attached hydrogen (secondary N) is 1. The number of benzene rings is 1. The fourth-order valence-corrected chi connectivity index (χ4v) is 2.89. The number of hydrogen-bond donors (Lipinski definition) is 1. The molecule has 0 radical (unpaired) electrons. The lowest BCUT2D eigenvalue weighted by Gasteiger charge is -2.18. The van der Waals surface area contributed by atoms with E-state index in [-0.39, 0.29) is 6.04 Å². The van der Waals surface area contributed by atoms with Gasteiger partial charge in [0, 0.05) is 10.0 Å². The summed E-state index contributed by atoms with van der Waals surface area (Å²) in [5, 5.41) is 7.57. The highest BCUT2D eigenvalue weighted by atomic mass is 79.9. The van der Waals surface area contributed by atoms with Crippen molar-refractivity contribution in [3.63, 3.8) is 0 Å². The quantitative estimate of drug-likeness (QED) is 0.926. The van der Waals surface area contributed by atoms with Crippen LogP contribution in [0.3, 0.4) is 0 Å². The fraction of sp³-hybridized carbons (Fsp3) is 0.231. The van der Waals surface area contributed by atoms with E-state index >= 15 is 0 Å². The second-order valence-corrected chi connectivity index (χ2v) is 5.36. The first-order chi connectivity index (χ1) is 8.26. The largest absolute Gasteiger partial charge is 0.496 e. The first-order valence-corrected chi connectivity index (χ1v) is 7.02. The molecule has 2 rings (SSSR count). The zero-order valence-electron chi connectivity index (χ0n) is 9.74. The lowest BCUT2D eigenvalue weighted by molar-refractivity contribution is 0.405. The minimum absolute atomic E-state index is 0.171. The van der Waals surface area contributed by atoms with Crippen LogP contribution in [0.15, 0.2) is 39.5 Å². The van der Waals surface area contributed by atoms with E-state index < -0.39 is 0 Å². The molecule has 2 aromatic rings. The predicted molar refractivity (Wildman–Crippen MR) is 75.9 cm³/mol. The summed E-state index contributed by atoms with van der Waals surface area (Å²) in [6, 6.07) is 8.42. The minimum Gasteiger partial charge on any atom is -0.496 e. The maximum absolute atomic E-state index is 5.44. The Bertz CT molecular complexity index is 484. The molecule has 0 aliphatic carbocycles. The molecular weight excluding hydrogens is 298 g/mol. The van der Waals surface area contributed by atoms with Gasteiger partial charge in [-0.25, -0.2) is 0 Å². The molecule has 1 N–H and O–H groups in total. The number of ether oxygens (including phenoxy) is 1. The van der Waals surface area contributed by atoms with Gasteiger partial charge in [-0.2, -0.15) is 11.3 Å². The van der Waals surface area contributed by atoms with E-state index in [0.29, 0.717) is 0 Å². The number of methoxy groups -OCH3 is 1. The van der Waals surface area contributed by atoms with Crippen molar-refractivity contribution in [2.24, 2.45) is 0 Å². The Labute approximate surface area is 114 Å². The number of halogens is 1. The Morgan fingerprint density at radius 1 is 1.35 bits per heavy atom. The van der Waals surface area contributed by atoms with Crippen LogP contribution in [-0.4, -0.2) is 14.2 Å². The van der Waals surface area contributed by atoms with Crippen molar-refractivity contribution in [3.8, 4) is 5.75 Å². The Kier molecular flexibility index (Phi) is 4.20. The third-order valence-electron chi connectivity index (χ3n) is 2.67. The first-order valence-electron chi connectivity index (χ1n) is 5.29. The van der Waals surface area contributed by atoms with Crippen LogP contribution in [0.2, 0.25) is 0 Å². The van der Waals surface area contributed by atoms with Gasteiger partial charge in [0.05, 0.1) is 13.2 Å². The molecular formula is C13H14BrNOS. The van der Waals surface area contributed by atoms with E-state index in [1.165, 1.54) is 5.56 Å². The Hall–Kier alpha value is -0.840. The SMILES string of the molecule is CNC(c1ccsc1)c1ccc(Br)cc1OC. The molecule has 0 spiro atoms. The number of thiophene rings is 1. The molecule has 17 heavy (non-hydrogen) atoms. The van der Waals surface area contributed by atoms with Gasteiger partial charge in [-0.05, 0) is 41.6 Å². The van der Waals surface area contributed by atoms with Crippen LogP contribution in [0.4, 0.5) is 0 Å². The molecule has 0 saturated carbocycles. The second kappa shape index (κ2) is 5.67. The Morgan fingerprint density at radius 2 is 2.18 bits per heavy atom. The average molecular weight is 312 g/mol. The van der Waals surface area contributed by atoms with Gasteiger partial charge in [0.25, 0.3) is 0 Å². The molecule has 2 nitrogen and oxygen atoms in total. The molecule has 1 aromatic heterocycles. The standard InChI is InChI=1S/C13H14BrNOS/c1-15-13(9-5-6-17-8-9)11-4-3-10(14)7-12(11)16-2/h3-8,13,15H,1-2H3.